The molecule has 1 aliphatic rings. The lowest BCUT2D eigenvalue weighted by molar-refractivity contribution is 0.199. The first-order chi connectivity index (χ1) is 13.3. The van der Waals surface area contributed by atoms with Crippen LogP contribution in [0.25, 0.3) is 16.5 Å². The second kappa shape index (κ2) is 6.48. The molecule has 5 rings (SSSR count). The fourth-order valence-electron chi connectivity index (χ4n) is 4.26. The molecule has 4 aromatic rings. The normalized spacial score (nSPS) is 15.7. The molecular weight excluding hydrogens is 330 g/mol. The van der Waals surface area contributed by atoms with Crippen molar-refractivity contribution in [2.45, 2.75) is 18.8 Å². The van der Waals surface area contributed by atoms with E-state index in [-0.39, 0.29) is 5.92 Å². The van der Waals surface area contributed by atoms with Gasteiger partial charge in [-0.1, -0.05) is 78.9 Å². The van der Waals surface area contributed by atoms with E-state index in [2.05, 4.69) is 72.8 Å². The predicted molar refractivity (Wildman–Crippen MR) is 110 cm³/mol. The average Bonchev–Trinajstić information content (AvgIpc) is 3.07. The van der Waals surface area contributed by atoms with E-state index in [1.165, 1.54) is 37.9 Å². The number of nitrogens with zero attached hydrogens (tertiary/aromatic N) is 1. The van der Waals surface area contributed by atoms with Crippen LogP contribution in [0.5, 0.6) is 0 Å². The van der Waals surface area contributed by atoms with Gasteiger partial charge in [-0.05, 0) is 46.7 Å². The van der Waals surface area contributed by atoms with Gasteiger partial charge in [-0.3, -0.25) is 0 Å². The lowest BCUT2D eigenvalue weighted by Crippen LogP contribution is -2.05. The molecule has 1 aromatic heterocycles. The van der Waals surface area contributed by atoms with Crippen LogP contribution in [-0.2, 0) is 6.42 Å². The van der Waals surface area contributed by atoms with Crippen LogP contribution < -0.4 is 0 Å². The van der Waals surface area contributed by atoms with Crippen molar-refractivity contribution in [3.8, 4) is 0 Å². The second-order valence-electron chi connectivity index (χ2n) is 7.21. The number of hydrogen-bond donors (Lipinski definition) is 1. The number of rotatable bonds is 4. The summed E-state index contributed by atoms with van der Waals surface area (Å²) in [7, 11) is 0. The third kappa shape index (κ3) is 2.74. The molecule has 0 fully saturated rings. The van der Waals surface area contributed by atoms with E-state index in [0.717, 1.165) is 18.4 Å². The fraction of sp³-hybridized carbons (Fsp3) is 0.120. The highest BCUT2D eigenvalue weighted by Crippen LogP contribution is 2.43. The number of aromatic nitrogens is 1. The minimum Gasteiger partial charge on any atom is -0.428 e. The molecule has 1 N–H and O–H groups in total. The van der Waals surface area contributed by atoms with Gasteiger partial charge in [0.2, 0.25) is 0 Å². The van der Waals surface area contributed by atoms with Gasteiger partial charge < -0.3 is 5.21 Å². The number of aryl methyl sites for hydroxylation is 1. The summed E-state index contributed by atoms with van der Waals surface area (Å²) < 4.78 is 1.28. The van der Waals surface area contributed by atoms with Gasteiger partial charge in [-0.15, -0.1) is 0 Å². The Balaban J connectivity index is 1.62. The maximum absolute atomic E-state index is 10.4. The van der Waals surface area contributed by atoms with Crippen molar-refractivity contribution in [1.82, 2.24) is 4.73 Å². The van der Waals surface area contributed by atoms with Crippen molar-refractivity contribution in [2.24, 2.45) is 0 Å². The molecule has 0 bridgehead atoms. The minimum atomic E-state index is 0.284. The van der Waals surface area contributed by atoms with Gasteiger partial charge in [-0.25, -0.2) is 0 Å². The molecule has 0 aliphatic heterocycles. The SMILES string of the molecule is On1cc2c3c(cccc31)C(c1ccccc1)=CC2CCc1ccccc1. The van der Waals surface area contributed by atoms with Crippen LogP contribution >= 0.6 is 0 Å². The van der Waals surface area contributed by atoms with Crippen molar-refractivity contribution < 1.29 is 5.21 Å². The molecular formula is C25H21NO. The Morgan fingerprint density at radius 3 is 2.33 bits per heavy atom. The molecule has 3 aromatic carbocycles. The topological polar surface area (TPSA) is 25.2 Å². The summed E-state index contributed by atoms with van der Waals surface area (Å²) in [4.78, 5) is 0. The quantitative estimate of drug-likeness (QED) is 0.446. The van der Waals surface area contributed by atoms with Crippen LogP contribution in [0.2, 0.25) is 0 Å². The van der Waals surface area contributed by atoms with Crippen LogP contribution in [0.15, 0.2) is 91.1 Å². The first-order valence-electron chi connectivity index (χ1n) is 9.46. The van der Waals surface area contributed by atoms with E-state index in [4.69, 9.17) is 0 Å². The van der Waals surface area contributed by atoms with E-state index >= 15 is 0 Å². The Morgan fingerprint density at radius 1 is 0.815 bits per heavy atom. The summed E-state index contributed by atoms with van der Waals surface area (Å²) in [5, 5.41) is 11.6. The summed E-state index contributed by atoms with van der Waals surface area (Å²) in [6.45, 7) is 0. The molecule has 0 radical (unpaired) electrons. The van der Waals surface area contributed by atoms with Crippen LogP contribution in [0.1, 0.15) is 34.6 Å². The maximum Gasteiger partial charge on any atom is 0.0874 e. The third-order valence-corrected chi connectivity index (χ3v) is 5.57. The molecule has 0 spiro atoms. The lowest BCUT2D eigenvalue weighted by atomic mass is 9.80. The Labute approximate surface area is 159 Å². The number of allylic oxidation sites excluding steroid dienone is 1. The van der Waals surface area contributed by atoms with E-state index < -0.39 is 0 Å². The van der Waals surface area contributed by atoms with Crippen molar-refractivity contribution in [3.63, 3.8) is 0 Å². The van der Waals surface area contributed by atoms with E-state index in [1.54, 1.807) is 0 Å². The molecule has 2 nitrogen and oxygen atoms in total. The van der Waals surface area contributed by atoms with Crippen molar-refractivity contribution in [1.29, 1.82) is 0 Å². The number of benzene rings is 3. The Morgan fingerprint density at radius 2 is 1.56 bits per heavy atom. The Kier molecular flexibility index (Phi) is 3.83. The van der Waals surface area contributed by atoms with Gasteiger partial charge in [0, 0.05) is 17.5 Å². The molecule has 1 heterocycles. The van der Waals surface area contributed by atoms with E-state index in [0.29, 0.717) is 0 Å². The molecule has 0 saturated carbocycles. The van der Waals surface area contributed by atoms with Gasteiger partial charge in [0.15, 0.2) is 0 Å². The zero-order valence-electron chi connectivity index (χ0n) is 15.0. The lowest BCUT2D eigenvalue weighted by Gasteiger charge is -2.22. The highest BCUT2D eigenvalue weighted by molar-refractivity contribution is 6.01. The molecule has 1 unspecified atom stereocenters. The number of hydrogen-bond acceptors (Lipinski definition) is 1. The summed E-state index contributed by atoms with van der Waals surface area (Å²) in [5.41, 5.74) is 7.15. The molecule has 1 atom stereocenters. The van der Waals surface area contributed by atoms with Crippen molar-refractivity contribution in [2.75, 3.05) is 0 Å². The van der Waals surface area contributed by atoms with Crippen molar-refractivity contribution in [3.05, 3.63) is 113 Å². The van der Waals surface area contributed by atoms with Crippen molar-refractivity contribution >= 4 is 16.5 Å². The Hall–Kier alpha value is -3.26. The first-order valence-corrected chi connectivity index (χ1v) is 9.46. The fourth-order valence-corrected chi connectivity index (χ4v) is 4.26. The largest absolute Gasteiger partial charge is 0.428 e. The van der Waals surface area contributed by atoms with Gasteiger partial charge in [0.25, 0.3) is 0 Å². The molecule has 27 heavy (non-hydrogen) atoms. The highest BCUT2D eigenvalue weighted by Gasteiger charge is 2.25. The van der Waals surface area contributed by atoms with Crippen LogP contribution in [0, 0.1) is 0 Å². The highest BCUT2D eigenvalue weighted by atomic mass is 16.5. The van der Waals surface area contributed by atoms with E-state index in [9.17, 15) is 5.21 Å². The standard InChI is InChI=1S/C25H21NO/c27-26-17-23-20(15-14-18-8-3-1-4-9-18)16-22(19-10-5-2-6-11-19)21-12-7-13-24(26)25(21)23/h1-13,16-17,20,27H,14-15H2. The van der Waals surface area contributed by atoms with Crippen LogP contribution in [-0.4, -0.2) is 9.94 Å². The first kappa shape index (κ1) is 16.0. The molecule has 132 valence electrons. The smallest absolute Gasteiger partial charge is 0.0874 e. The zero-order valence-corrected chi connectivity index (χ0v) is 15.0. The molecule has 2 heteroatoms. The van der Waals surface area contributed by atoms with Gasteiger partial charge >= 0.3 is 0 Å². The zero-order chi connectivity index (χ0) is 18.2. The van der Waals surface area contributed by atoms with Gasteiger partial charge in [0.05, 0.1) is 5.52 Å². The second-order valence-corrected chi connectivity index (χ2v) is 7.21. The predicted octanol–water partition coefficient (Wildman–Crippen LogP) is 6.04. The minimum absolute atomic E-state index is 0.284. The van der Waals surface area contributed by atoms with Gasteiger partial charge in [-0.2, -0.15) is 4.73 Å². The molecule has 1 aliphatic carbocycles. The molecule has 0 saturated heterocycles. The summed E-state index contributed by atoms with van der Waals surface area (Å²) in [6, 6.07) is 27.4. The van der Waals surface area contributed by atoms with Crippen LogP contribution in [0.4, 0.5) is 0 Å². The summed E-state index contributed by atoms with van der Waals surface area (Å²) >= 11 is 0. The third-order valence-electron chi connectivity index (χ3n) is 5.57. The van der Waals surface area contributed by atoms with Crippen LogP contribution in [0.3, 0.4) is 0 Å². The average molecular weight is 351 g/mol. The maximum atomic E-state index is 10.4. The monoisotopic (exact) mass is 351 g/mol. The Bertz CT molecular complexity index is 1120. The van der Waals surface area contributed by atoms with Gasteiger partial charge in [0.1, 0.15) is 0 Å². The molecule has 0 amide bonds. The summed E-state index contributed by atoms with van der Waals surface area (Å²) in [6.07, 6.45) is 6.32. The summed E-state index contributed by atoms with van der Waals surface area (Å²) in [5.74, 6) is 0.284. The van der Waals surface area contributed by atoms with E-state index in [1.807, 2.05) is 18.3 Å².